The van der Waals surface area contributed by atoms with Crippen molar-refractivity contribution in [3.8, 4) is 0 Å². The van der Waals surface area contributed by atoms with Crippen LogP contribution < -0.4 is 0 Å². The van der Waals surface area contributed by atoms with Crippen LogP contribution in [-0.4, -0.2) is 33.9 Å². The maximum Gasteiger partial charge on any atom is 0.256 e. The van der Waals surface area contributed by atoms with Crippen molar-refractivity contribution in [2.45, 2.75) is 45.6 Å². The molecule has 1 aromatic carbocycles. The fourth-order valence-electron chi connectivity index (χ4n) is 3.48. The van der Waals surface area contributed by atoms with Gasteiger partial charge in [-0.15, -0.1) is 0 Å². The van der Waals surface area contributed by atoms with Crippen molar-refractivity contribution in [1.29, 1.82) is 0 Å². The minimum atomic E-state index is -0.415. The van der Waals surface area contributed by atoms with Crippen molar-refractivity contribution in [3.05, 3.63) is 35.8 Å². The lowest BCUT2D eigenvalue weighted by atomic mass is 9.99. The Kier molecular flexibility index (Phi) is 4.20. The fourth-order valence-corrected chi connectivity index (χ4v) is 3.48. The number of likely N-dealkylation sites (tertiary alicyclic amines) is 1. The number of benzene rings is 1. The highest BCUT2D eigenvalue weighted by Gasteiger charge is 2.28. The van der Waals surface area contributed by atoms with E-state index in [0.717, 1.165) is 32.2 Å². The molecule has 0 radical (unpaired) electrons. The third-order valence-electron chi connectivity index (χ3n) is 4.70. The van der Waals surface area contributed by atoms with E-state index in [1.807, 2.05) is 4.90 Å². The molecule has 1 atom stereocenters. The average molecular weight is 316 g/mol. The summed E-state index contributed by atoms with van der Waals surface area (Å²) in [5, 5.41) is 0.632. The van der Waals surface area contributed by atoms with Gasteiger partial charge in [0.25, 0.3) is 5.91 Å². The molecule has 2 heterocycles. The van der Waals surface area contributed by atoms with Crippen LogP contribution >= 0.6 is 0 Å². The molecule has 1 fully saturated rings. The number of amides is 1. The predicted octanol–water partition coefficient (Wildman–Crippen LogP) is 3.85. The van der Waals surface area contributed by atoms with Crippen LogP contribution in [-0.2, 0) is 0 Å². The number of rotatable bonds is 2. The molecule has 122 valence electrons. The summed E-state index contributed by atoms with van der Waals surface area (Å²) in [6.45, 7) is 4.24. The summed E-state index contributed by atoms with van der Waals surface area (Å²) < 4.78 is 14.9. The first-order valence-corrected chi connectivity index (χ1v) is 8.15. The van der Waals surface area contributed by atoms with Gasteiger partial charge in [-0.25, -0.2) is 4.39 Å². The van der Waals surface area contributed by atoms with Gasteiger partial charge in [-0.05, 0) is 43.9 Å². The Morgan fingerprint density at radius 3 is 2.78 bits per heavy atom. The first-order chi connectivity index (χ1) is 11.0. The summed E-state index contributed by atoms with van der Waals surface area (Å²) >= 11 is 0. The first kappa shape index (κ1) is 15.7. The summed E-state index contributed by atoms with van der Waals surface area (Å²) in [5.41, 5.74) is 0.932. The zero-order chi connectivity index (χ0) is 16.6. The molecular formula is C18H21FN2O2. The molecule has 0 saturated carbocycles. The number of halogens is 1. The molecule has 1 unspecified atom stereocenters. The molecule has 3 rings (SSSR count). The van der Waals surface area contributed by atoms with Crippen LogP contribution in [0.2, 0.25) is 0 Å². The summed E-state index contributed by atoms with van der Waals surface area (Å²) in [7, 11) is 0. The second-order valence-corrected chi connectivity index (χ2v) is 6.15. The number of carbonyl (C=O) groups is 2. The molecule has 5 heteroatoms. The van der Waals surface area contributed by atoms with Crippen LogP contribution in [0, 0.1) is 5.82 Å². The number of hydrogen-bond acceptors (Lipinski definition) is 2. The van der Waals surface area contributed by atoms with Gasteiger partial charge in [0.1, 0.15) is 5.82 Å². The van der Waals surface area contributed by atoms with E-state index in [2.05, 4.69) is 6.92 Å². The minimum absolute atomic E-state index is 0.0619. The molecule has 1 amide bonds. The zero-order valence-corrected chi connectivity index (χ0v) is 13.5. The number of carbonyl (C=O) groups excluding carboxylic acids is 2. The SMILES string of the molecule is CCC1CCCCN1C(=O)c1cn(C(C)=O)c2cc(F)ccc12. The van der Waals surface area contributed by atoms with Crippen LogP contribution in [0.4, 0.5) is 4.39 Å². The van der Waals surface area contributed by atoms with Crippen LogP contribution in [0.25, 0.3) is 10.9 Å². The molecule has 23 heavy (non-hydrogen) atoms. The summed E-state index contributed by atoms with van der Waals surface area (Å²) in [6, 6.07) is 4.47. The number of hydrogen-bond donors (Lipinski definition) is 0. The van der Waals surface area contributed by atoms with Crippen LogP contribution in [0.5, 0.6) is 0 Å². The molecule has 1 aromatic heterocycles. The van der Waals surface area contributed by atoms with E-state index < -0.39 is 5.82 Å². The van der Waals surface area contributed by atoms with Crippen LogP contribution in [0.3, 0.4) is 0 Å². The molecule has 2 aromatic rings. The maximum absolute atomic E-state index is 13.5. The van der Waals surface area contributed by atoms with Crippen LogP contribution in [0.1, 0.15) is 54.7 Å². The number of aromatic nitrogens is 1. The van der Waals surface area contributed by atoms with E-state index in [4.69, 9.17) is 0 Å². The van der Waals surface area contributed by atoms with Gasteiger partial charge in [0, 0.05) is 31.1 Å². The van der Waals surface area contributed by atoms with Gasteiger partial charge < -0.3 is 4.90 Å². The standard InChI is InChI=1S/C18H21FN2O2/c1-3-14-6-4-5-9-20(14)18(23)16-11-21(12(2)22)17-10-13(19)7-8-15(16)17/h7-8,10-11,14H,3-6,9H2,1-2H3. The molecule has 1 aliphatic heterocycles. The van der Waals surface area contributed by atoms with Gasteiger partial charge in [0.2, 0.25) is 5.91 Å². The Balaban J connectivity index is 2.08. The Labute approximate surface area is 134 Å². The van der Waals surface area contributed by atoms with Crippen molar-refractivity contribution in [1.82, 2.24) is 9.47 Å². The van der Waals surface area contributed by atoms with E-state index in [0.29, 0.717) is 16.5 Å². The van der Waals surface area contributed by atoms with Gasteiger partial charge >= 0.3 is 0 Å². The highest BCUT2D eigenvalue weighted by molar-refractivity contribution is 6.09. The Hall–Kier alpha value is -2.17. The average Bonchev–Trinajstić information content (AvgIpc) is 2.93. The number of fused-ring (bicyclic) bond motifs is 1. The van der Waals surface area contributed by atoms with Gasteiger partial charge in [-0.2, -0.15) is 0 Å². The van der Waals surface area contributed by atoms with E-state index >= 15 is 0 Å². The van der Waals surface area contributed by atoms with Crippen molar-refractivity contribution in [2.75, 3.05) is 6.54 Å². The summed E-state index contributed by atoms with van der Waals surface area (Å²) in [6.07, 6.45) is 5.63. The van der Waals surface area contributed by atoms with E-state index in [-0.39, 0.29) is 17.9 Å². The summed E-state index contributed by atoms with van der Waals surface area (Å²) in [4.78, 5) is 26.7. The molecule has 1 saturated heterocycles. The lowest BCUT2D eigenvalue weighted by Crippen LogP contribution is -2.43. The second kappa shape index (κ2) is 6.14. The van der Waals surface area contributed by atoms with Crippen molar-refractivity contribution < 1.29 is 14.0 Å². The molecule has 4 nitrogen and oxygen atoms in total. The van der Waals surface area contributed by atoms with Gasteiger partial charge in [-0.1, -0.05) is 6.92 Å². The Bertz CT molecular complexity index is 766. The first-order valence-electron chi connectivity index (χ1n) is 8.15. The third kappa shape index (κ3) is 2.76. The number of piperidine rings is 1. The van der Waals surface area contributed by atoms with Crippen molar-refractivity contribution >= 4 is 22.7 Å². The van der Waals surface area contributed by atoms with Gasteiger partial charge in [-0.3, -0.25) is 14.2 Å². The normalized spacial score (nSPS) is 18.4. The largest absolute Gasteiger partial charge is 0.336 e. The highest BCUT2D eigenvalue weighted by Crippen LogP contribution is 2.27. The molecule has 0 spiro atoms. The van der Waals surface area contributed by atoms with Crippen molar-refractivity contribution in [3.63, 3.8) is 0 Å². The van der Waals surface area contributed by atoms with Gasteiger partial charge in [0.05, 0.1) is 11.1 Å². The second-order valence-electron chi connectivity index (χ2n) is 6.15. The molecule has 0 N–H and O–H groups in total. The van der Waals surface area contributed by atoms with Crippen LogP contribution in [0.15, 0.2) is 24.4 Å². The van der Waals surface area contributed by atoms with E-state index in [9.17, 15) is 14.0 Å². The quantitative estimate of drug-likeness (QED) is 0.844. The Morgan fingerprint density at radius 2 is 2.09 bits per heavy atom. The van der Waals surface area contributed by atoms with E-state index in [1.54, 1.807) is 12.3 Å². The summed E-state index contributed by atoms with van der Waals surface area (Å²) in [5.74, 6) is -0.708. The zero-order valence-electron chi connectivity index (χ0n) is 13.5. The molecular weight excluding hydrogens is 295 g/mol. The lowest BCUT2D eigenvalue weighted by Gasteiger charge is -2.35. The molecule has 1 aliphatic rings. The smallest absolute Gasteiger partial charge is 0.256 e. The number of nitrogens with zero attached hydrogens (tertiary/aromatic N) is 2. The van der Waals surface area contributed by atoms with E-state index in [1.165, 1.54) is 23.6 Å². The third-order valence-corrected chi connectivity index (χ3v) is 4.70. The molecule has 0 aliphatic carbocycles. The molecule has 0 bridgehead atoms. The minimum Gasteiger partial charge on any atom is -0.336 e. The van der Waals surface area contributed by atoms with Gasteiger partial charge in [0.15, 0.2) is 0 Å². The van der Waals surface area contributed by atoms with Crippen molar-refractivity contribution in [2.24, 2.45) is 0 Å². The highest BCUT2D eigenvalue weighted by atomic mass is 19.1. The fraction of sp³-hybridized carbons (Fsp3) is 0.444. The maximum atomic E-state index is 13.5. The topological polar surface area (TPSA) is 42.3 Å². The Morgan fingerprint density at radius 1 is 1.30 bits per heavy atom. The predicted molar refractivity (Wildman–Crippen MR) is 87.2 cm³/mol. The lowest BCUT2D eigenvalue weighted by molar-refractivity contribution is 0.0610. The monoisotopic (exact) mass is 316 g/mol.